The predicted molar refractivity (Wildman–Crippen MR) is 142 cm³/mol. The van der Waals surface area contributed by atoms with E-state index >= 15 is 0 Å². The predicted octanol–water partition coefficient (Wildman–Crippen LogP) is 4.11. The van der Waals surface area contributed by atoms with E-state index in [2.05, 4.69) is 10.2 Å². The van der Waals surface area contributed by atoms with E-state index in [9.17, 15) is 4.79 Å². The highest BCUT2D eigenvalue weighted by molar-refractivity contribution is 5.92. The first-order valence-electron chi connectivity index (χ1n) is 11.4. The highest BCUT2D eigenvalue weighted by atomic mass is 35.5. The molecule has 1 aliphatic rings. The van der Waals surface area contributed by atoms with Crippen molar-refractivity contribution in [2.75, 3.05) is 60.6 Å². The van der Waals surface area contributed by atoms with Gasteiger partial charge in [-0.3, -0.25) is 4.79 Å². The summed E-state index contributed by atoms with van der Waals surface area (Å²) < 4.78 is 34.0. The first-order chi connectivity index (χ1) is 17.0. The summed E-state index contributed by atoms with van der Waals surface area (Å²) in [6.45, 7) is 1.41. The second-order valence-corrected chi connectivity index (χ2v) is 8.28. The summed E-state index contributed by atoms with van der Waals surface area (Å²) in [4.78, 5) is 16.1. The second kappa shape index (κ2) is 11.6. The Bertz CT molecular complexity index is 1240. The molecule has 196 valence electrons. The molecule has 10 heteroatoms. The lowest BCUT2D eigenvalue weighted by Crippen LogP contribution is -2.43. The molecular weight excluding hydrogens is 488 g/mol. The molecular formula is C26H33ClN2O7. The Morgan fingerprint density at radius 2 is 1.47 bits per heavy atom. The molecule has 1 fully saturated rings. The highest BCUT2D eigenvalue weighted by Gasteiger charge is 2.28. The van der Waals surface area contributed by atoms with Gasteiger partial charge in [0.1, 0.15) is 28.2 Å². The maximum absolute atomic E-state index is 14.1. The van der Waals surface area contributed by atoms with Crippen molar-refractivity contribution in [3.8, 4) is 40.1 Å². The van der Waals surface area contributed by atoms with E-state index in [4.69, 9.17) is 28.1 Å². The van der Waals surface area contributed by atoms with Crippen LogP contribution in [0.1, 0.15) is 12.8 Å². The van der Waals surface area contributed by atoms with Crippen LogP contribution in [0.4, 0.5) is 5.69 Å². The van der Waals surface area contributed by atoms with Crippen molar-refractivity contribution in [2.45, 2.75) is 18.9 Å². The lowest BCUT2D eigenvalue weighted by atomic mass is 10.0. The Kier molecular flexibility index (Phi) is 8.81. The lowest BCUT2D eigenvalue weighted by molar-refractivity contribution is 0.324. The molecule has 0 amide bonds. The Morgan fingerprint density at radius 1 is 0.861 bits per heavy atom. The molecule has 9 nitrogen and oxygen atoms in total. The van der Waals surface area contributed by atoms with Gasteiger partial charge in [0.25, 0.3) is 0 Å². The van der Waals surface area contributed by atoms with Gasteiger partial charge in [-0.25, -0.2) is 0 Å². The summed E-state index contributed by atoms with van der Waals surface area (Å²) in [7, 11) is 9.70. The largest absolute Gasteiger partial charge is 0.496 e. The number of halogens is 1. The summed E-state index contributed by atoms with van der Waals surface area (Å²) in [5.74, 6) is 2.73. The van der Waals surface area contributed by atoms with Gasteiger partial charge in [-0.15, -0.1) is 12.4 Å². The van der Waals surface area contributed by atoms with Crippen LogP contribution < -0.4 is 39.3 Å². The Balaban J connectivity index is 0.00000361. The first kappa shape index (κ1) is 27.3. The minimum Gasteiger partial charge on any atom is -0.496 e. The van der Waals surface area contributed by atoms with Crippen molar-refractivity contribution in [2.24, 2.45) is 0 Å². The fourth-order valence-electron chi connectivity index (χ4n) is 4.62. The van der Waals surface area contributed by atoms with Gasteiger partial charge >= 0.3 is 0 Å². The summed E-state index contributed by atoms with van der Waals surface area (Å²) in [5.41, 5.74) is 1.30. The number of nitrogens with zero attached hydrogens (tertiary/aromatic N) is 1. The number of hydrogen-bond acceptors (Lipinski definition) is 9. The van der Waals surface area contributed by atoms with Crippen molar-refractivity contribution in [3.05, 3.63) is 34.5 Å². The van der Waals surface area contributed by atoms with E-state index in [1.807, 2.05) is 7.05 Å². The molecule has 1 aliphatic heterocycles. The smallest absolute Gasteiger partial charge is 0.220 e. The van der Waals surface area contributed by atoms with Gasteiger partial charge in [0.05, 0.1) is 35.5 Å². The third-order valence-corrected chi connectivity index (χ3v) is 6.51. The number of anilines is 1. The van der Waals surface area contributed by atoms with E-state index < -0.39 is 0 Å². The summed E-state index contributed by atoms with van der Waals surface area (Å²) >= 11 is 0. The molecule has 0 bridgehead atoms. The second-order valence-electron chi connectivity index (χ2n) is 8.28. The monoisotopic (exact) mass is 520 g/mol. The molecule has 36 heavy (non-hydrogen) atoms. The summed E-state index contributed by atoms with van der Waals surface area (Å²) in [6, 6.07) is 7.36. The lowest BCUT2D eigenvalue weighted by Gasteiger charge is -2.33. The molecule has 2 heterocycles. The fraction of sp³-hybridized carbons (Fsp3) is 0.423. The van der Waals surface area contributed by atoms with Gasteiger partial charge < -0.3 is 38.3 Å². The topological polar surface area (TPSA) is 91.6 Å². The fourth-order valence-corrected chi connectivity index (χ4v) is 4.62. The molecule has 0 atom stereocenters. The van der Waals surface area contributed by atoms with Gasteiger partial charge in [-0.2, -0.15) is 0 Å². The number of hydrogen-bond donors (Lipinski definition) is 1. The number of benzene rings is 2. The maximum atomic E-state index is 14.1. The van der Waals surface area contributed by atoms with E-state index in [1.165, 1.54) is 7.11 Å². The molecule has 0 radical (unpaired) electrons. The van der Waals surface area contributed by atoms with E-state index in [0.29, 0.717) is 75.9 Å². The van der Waals surface area contributed by atoms with Crippen LogP contribution in [0.5, 0.6) is 28.7 Å². The highest BCUT2D eigenvalue weighted by Crippen LogP contribution is 2.44. The number of ether oxygens (including phenoxy) is 5. The van der Waals surface area contributed by atoms with Gasteiger partial charge in [0.2, 0.25) is 11.2 Å². The SMILES string of the molecule is CNC1CCN(c2c(-c3cc(OC)c(OC)c(OC)c3)oc3cc(OC)cc(OC)c3c2=O)CC1.Cl. The minimum absolute atomic E-state index is 0. The summed E-state index contributed by atoms with van der Waals surface area (Å²) in [6.07, 6.45) is 1.81. The third kappa shape index (κ3) is 4.85. The van der Waals surface area contributed by atoms with Crippen LogP contribution in [0, 0.1) is 0 Å². The molecule has 0 unspecified atom stereocenters. The Morgan fingerprint density at radius 3 is 1.97 bits per heavy atom. The van der Waals surface area contributed by atoms with Crippen LogP contribution in [0.15, 0.2) is 33.5 Å². The van der Waals surface area contributed by atoms with Crippen molar-refractivity contribution in [3.63, 3.8) is 0 Å². The standard InChI is InChI=1S/C26H32N2O7.ClH/c1-27-16-7-9-28(10-8-16)23-24(29)22-18(31-3)13-17(30-2)14-19(22)35-25(23)15-11-20(32-4)26(34-6)21(12-15)33-5;/h11-14,16,27H,7-10H2,1-6H3;1H. The minimum atomic E-state index is -0.169. The number of methoxy groups -OCH3 is 5. The van der Waals surface area contributed by atoms with Crippen molar-refractivity contribution in [1.82, 2.24) is 5.32 Å². The number of fused-ring (bicyclic) bond motifs is 1. The molecule has 3 aromatic rings. The molecule has 1 N–H and O–H groups in total. The van der Waals surface area contributed by atoms with E-state index in [0.717, 1.165) is 12.8 Å². The van der Waals surface area contributed by atoms with Gasteiger partial charge in [0, 0.05) is 36.8 Å². The quantitative estimate of drug-likeness (QED) is 0.471. The molecule has 4 rings (SSSR count). The molecule has 0 aliphatic carbocycles. The zero-order valence-corrected chi connectivity index (χ0v) is 22.2. The van der Waals surface area contributed by atoms with Crippen molar-refractivity contribution in [1.29, 1.82) is 0 Å². The first-order valence-corrected chi connectivity index (χ1v) is 11.4. The van der Waals surface area contributed by atoms with Crippen LogP contribution in [-0.4, -0.2) is 61.7 Å². The van der Waals surface area contributed by atoms with E-state index in [-0.39, 0.29) is 17.8 Å². The Labute approximate surface area is 216 Å². The zero-order chi connectivity index (χ0) is 25.1. The zero-order valence-electron chi connectivity index (χ0n) is 21.4. The molecule has 0 saturated carbocycles. The number of nitrogens with one attached hydrogen (secondary N) is 1. The molecule has 1 aromatic heterocycles. The van der Waals surface area contributed by atoms with Gasteiger partial charge in [-0.05, 0) is 32.0 Å². The van der Waals surface area contributed by atoms with Gasteiger partial charge in [0.15, 0.2) is 17.3 Å². The van der Waals surface area contributed by atoms with Crippen LogP contribution in [-0.2, 0) is 0 Å². The Hall–Kier alpha value is -3.30. The number of piperidine rings is 1. The van der Waals surface area contributed by atoms with Crippen LogP contribution in [0.3, 0.4) is 0 Å². The summed E-state index contributed by atoms with van der Waals surface area (Å²) in [5, 5.41) is 3.70. The third-order valence-electron chi connectivity index (χ3n) is 6.51. The van der Waals surface area contributed by atoms with Crippen LogP contribution in [0.25, 0.3) is 22.3 Å². The molecule has 1 saturated heterocycles. The number of rotatable bonds is 8. The van der Waals surface area contributed by atoms with Crippen molar-refractivity contribution < 1.29 is 28.1 Å². The van der Waals surface area contributed by atoms with Gasteiger partial charge in [-0.1, -0.05) is 0 Å². The maximum Gasteiger partial charge on any atom is 0.220 e. The average Bonchev–Trinajstić information content (AvgIpc) is 2.91. The van der Waals surface area contributed by atoms with Crippen molar-refractivity contribution >= 4 is 29.1 Å². The van der Waals surface area contributed by atoms with E-state index in [1.54, 1.807) is 52.7 Å². The average molecular weight is 521 g/mol. The van der Waals surface area contributed by atoms with Crippen LogP contribution >= 0.6 is 12.4 Å². The normalized spacial score (nSPS) is 13.8. The molecule has 2 aromatic carbocycles. The molecule has 0 spiro atoms. The van der Waals surface area contributed by atoms with Crippen LogP contribution in [0.2, 0.25) is 0 Å².